The maximum Gasteiger partial charge on any atom is 0.226 e. The van der Waals surface area contributed by atoms with Crippen molar-refractivity contribution in [2.45, 2.75) is 45.4 Å². The average Bonchev–Trinajstić information content (AvgIpc) is 2.75. The van der Waals surface area contributed by atoms with Crippen LogP contribution in [0.5, 0.6) is 0 Å². The predicted octanol–water partition coefficient (Wildman–Crippen LogP) is 1.96. The highest BCUT2D eigenvalue weighted by Gasteiger charge is 2.27. The van der Waals surface area contributed by atoms with Crippen molar-refractivity contribution < 1.29 is 4.79 Å². The smallest absolute Gasteiger partial charge is 0.226 e. The van der Waals surface area contributed by atoms with Gasteiger partial charge in [-0.1, -0.05) is 19.8 Å². The van der Waals surface area contributed by atoms with Crippen LogP contribution in [-0.2, 0) is 4.79 Å². The fourth-order valence-corrected chi connectivity index (χ4v) is 3.80. The zero-order valence-corrected chi connectivity index (χ0v) is 13.9. The molecule has 2 fully saturated rings. The normalized spacial score (nSPS) is 26.4. The Hall–Kier alpha value is -0.610. The van der Waals surface area contributed by atoms with Crippen molar-refractivity contribution in [3.8, 4) is 0 Å². The lowest BCUT2D eigenvalue weighted by atomic mass is 9.96. The number of carbonyl (C=O) groups excluding carboxylic acids is 1. The minimum absolute atomic E-state index is 0.104. The molecule has 4 nitrogen and oxygen atoms in total. The van der Waals surface area contributed by atoms with E-state index < -0.39 is 0 Å². The first kappa shape index (κ1) is 16.8. The molecule has 2 aliphatic rings. The summed E-state index contributed by atoms with van der Waals surface area (Å²) in [7, 11) is 1.92. The second kappa shape index (κ2) is 8.74. The van der Waals surface area contributed by atoms with Crippen LogP contribution in [0.15, 0.2) is 0 Å². The van der Waals surface area contributed by atoms with Gasteiger partial charge in [0.2, 0.25) is 5.91 Å². The second-order valence-electron chi connectivity index (χ2n) is 6.97. The van der Waals surface area contributed by atoms with Crippen LogP contribution in [0, 0.1) is 11.8 Å². The van der Waals surface area contributed by atoms with Crippen LogP contribution in [0.2, 0.25) is 0 Å². The number of piperidine rings is 1. The summed E-state index contributed by atoms with van der Waals surface area (Å²) >= 11 is 0. The molecule has 0 aromatic carbocycles. The number of amides is 1. The Kier molecular flexibility index (Phi) is 6.97. The summed E-state index contributed by atoms with van der Waals surface area (Å²) in [6.45, 7) is 8.49. The molecule has 2 unspecified atom stereocenters. The Bertz CT molecular complexity index is 313. The lowest BCUT2D eigenvalue weighted by Gasteiger charge is -2.36. The van der Waals surface area contributed by atoms with Gasteiger partial charge in [-0.05, 0) is 51.7 Å². The molecule has 21 heavy (non-hydrogen) atoms. The molecule has 0 aromatic rings. The molecule has 0 radical (unpaired) electrons. The molecule has 122 valence electrons. The van der Waals surface area contributed by atoms with Crippen molar-refractivity contribution >= 4 is 5.91 Å². The minimum atomic E-state index is 0.104. The number of rotatable bonds is 5. The molecule has 2 atom stereocenters. The monoisotopic (exact) mass is 295 g/mol. The van der Waals surface area contributed by atoms with Crippen LogP contribution in [0.25, 0.3) is 0 Å². The highest BCUT2D eigenvalue weighted by atomic mass is 16.2. The highest BCUT2D eigenvalue weighted by molar-refractivity contribution is 5.78. The molecular formula is C17H33N3O. The quantitative estimate of drug-likeness (QED) is 0.842. The Labute approximate surface area is 130 Å². The number of hydrogen-bond donors (Lipinski definition) is 1. The highest BCUT2D eigenvalue weighted by Crippen LogP contribution is 2.21. The lowest BCUT2D eigenvalue weighted by Crippen LogP contribution is -2.46. The lowest BCUT2D eigenvalue weighted by molar-refractivity contribution is -0.136. The summed E-state index contributed by atoms with van der Waals surface area (Å²) in [5, 5.41) is 3.12. The van der Waals surface area contributed by atoms with Gasteiger partial charge in [0, 0.05) is 32.1 Å². The van der Waals surface area contributed by atoms with Crippen LogP contribution in [0.4, 0.5) is 0 Å². The van der Waals surface area contributed by atoms with Gasteiger partial charge in [0.25, 0.3) is 0 Å². The van der Waals surface area contributed by atoms with Gasteiger partial charge in [0.15, 0.2) is 0 Å². The first-order valence-corrected chi connectivity index (χ1v) is 8.86. The number of likely N-dealkylation sites (tertiary alicyclic amines) is 2. The van der Waals surface area contributed by atoms with Gasteiger partial charge in [0.1, 0.15) is 0 Å². The van der Waals surface area contributed by atoms with Crippen LogP contribution in [0.3, 0.4) is 0 Å². The summed E-state index contributed by atoms with van der Waals surface area (Å²) in [4.78, 5) is 17.2. The van der Waals surface area contributed by atoms with Gasteiger partial charge >= 0.3 is 0 Å². The van der Waals surface area contributed by atoms with Crippen LogP contribution >= 0.6 is 0 Å². The van der Waals surface area contributed by atoms with Crippen molar-refractivity contribution in [3.63, 3.8) is 0 Å². The van der Waals surface area contributed by atoms with Crippen molar-refractivity contribution in [1.29, 1.82) is 0 Å². The maximum absolute atomic E-state index is 12.5. The third-order valence-electron chi connectivity index (χ3n) is 4.98. The molecule has 2 saturated heterocycles. The van der Waals surface area contributed by atoms with Crippen molar-refractivity contribution in [2.24, 2.45) is 11.8 Å². The third kappa shape index (κ3) is 5.26. The number of carbonyl (C=O) groups is 1. The van der Waals surface area contributed by atoms with Crippen LogP contribution in [-0.4, -0.2) is 62.0 Å². The molecule has 0 saturated carbocycles. The van der Waals surface area contributed by atoms with Gasteiger partial charge in [-0.2, -0.15) is 0 Å². The second-order valence-corrected chi connectivity index (χ2v) is 6.97. The third-order valence-corrected chi connectivity index (χ3v) is 4.98. The van der Waals surface area contributed by atoms with Gasteiger partial charge in [-0.3, -0.25) is 4.79 Å². The molecule has 0 bridgehead atoms. The average molecular weight is 295 g/mol. The molecule has 0 aliphatic carbocycles. The first-order chi connectivity index (χ1) is 10.2. The summed E-state index contributed by atoms with van der Waals surface area (Å²) in [5.41, 5.74) is 0. The molecule has 2 aliphatic heterocycles. The van der Waals surface area contributed by atoms with E-state index in [1.807, 2.05) is 14.0 Å². The molecule has 2 heterocycles. The van der Waals surface area contributed by atoms with Crippen molar-refractivity contribution in [1.82, 2.24) is 15.1 Å². The fraction of sp³-hybridized carbons (Fsp3) is 0.941. The Morgan fingerprint density at radius 1 is 1.14 bits per heavy atom. The zero-order valence-electron chi connectivity index (χ0n) is 13.9. The number of nitrogens with one attached hydrogen (secondary N) is 1. The standard InChI is InChI=1S/C17H33N3O/c1-15(12-18-2)17(21)20-11-7-8-16(14-20)13-19-9-5-3-4-6-10-19/h15-16,18H,3-14H2,1-2H3. The molecule has 4 heteroatoms. The van der Waals surface area contributed by atoms with Crippen molar-refractivity contribution in [3.05, 3.63) is 0 Å². The van der Waals surface area contributed by atoms with E-state index in [0.717, 1.165) is 19.6 Å². The first-order valence-electron chi connectivity index (χ1n) is 8.86. The van der Waals surface area contributed by atoms with Crippen LogP contribution in [0.1, 0.15) is 45.4 Å². The van der Waals surface area contributed by atoms with E-state index in [-0.39, 0.29) is 5.92 Å². The Morgan fingerprint density at radius 3 is 2.52 bits per heavy atom. The Morgan fingerprint density at radius 2 is 1.86 bits per heavy atom. The van der Waals surface area contributed by atoms with E-state index in [9.17, 15) is 4.79 Å². The fourth-order valence-electron chi connectivity index (χ4n) is 3.80. The maximum atomic E-state index is 12.5. The van der Waals surface area contributed by atoms with E-state index >= 15 is 0 Å². The molecule has 2 rings (SSSR count). The largest absolute Gasteiger partial charge is 0.342 e. The SMILES string of the molecule is CNCC(C)C(=O)N1CCCC(CN2CCCCCC2)C1. The Balaban J connectivity index is 1.80. The predicted molar refractivity (Wildman–Crippen MR) is 87.3 cm³/mol. The van der Waals surface area contributed by atoms with Gasteiger partial charge in [-0.15, -0.1) is 0 Å². The van der Waals surface area contributed by atoms with E-state index in [1.54, 1.807) is 0 Å². The molecule has 0 spiro atoms. The molecule has 1 N–H and O–H groups in total. The number of nitrogens with zero attached hydrogens (tertiary/aromatic N) is 2. The minimum Gasteiger partial charge on any atom is -0.342 e. The van der Waals surface area contributed by atoms with E-state index in [2.05, 4.69) is 15.1 Å². The molecule has 1 amide bonds. The van der Waals surface area contributed by atoms with Gasteiger partial charge in [0.05, 0.1) is 0 Å². The summed E-state index contributed by atoms with van der Waals surface area (Å²) < 4.78 is 0. The topological polar surface area (TPSA) is 35.6 Å². The van der Waals surface area contributed by atoms with E-state index in [0.29, 0.717) is 11.8 Å². The van der Waals surface area contributed by atoms with Crippen molar-refractivity contribution in [2.75, 3.05) is 46.3 Å². The zero-order chi connectivity index (χ0) is 15.1. The summed E-state index contributed by atoms with van der Waals surface area (Å²) in [6, 6.07) is 0. The molecular weight excluding hydrogens is 262 g/mol. The van der Waals surface area contributed by atoms with E-state index in [1.165, 1.54) is 58.2 Å². The van der Waals surface area contributed by atoms with Gasteiger partial charge < -0.3 is 15.1 Å². The number of hydrogen-bond acceptors (Lipinski definition) is 3. The van der Waals surface area contributed by atoms with Crippen LogP contribution < -0.4 is 5.32 Å². The summed E-state index contributed by atoms with van der Waals surface area (Å²) in [6.07, 6.45) is 7.97. The van der Waals surface area contributed by atoms with Gasteiger partial charge in [-0.25, -0.2) is 0 Å². The summed E-state index contributed by atoms with van der Waals surface area (Å²) in [5.74, 6) is 1.12. The molecule has 0 aromatic heterocycles. The van der Waals surface area contributed by atoms with E-state index in [4.69, 9.17) is 0 Å².